The molecule has 0 aliphatic heterocycles. The second kappa shape index (κ2) is 6.61. The van der Waals surface area contributed by atoms with Gasteiger partial charge in [0.2, 0.25) is 0 Å². The third-order valence-corrected chi connectivity index (χ3v) is 6.07. The van der Waals surface area contributed by atoms with E-state index in [0.29, 0.717) is 5.41 Å². The highest BCUT2D eigenvalue weighted by Crippen LogP contribution is 2.49. The molecular weight excluding hydrogens is 230 g/mol. The summed E-state index contributed by atoms with van der Waals surface area (Å²) in [5.74, 6) is 2.80. The lowest BCUT2D eigenvalue weighted by Crippen LogP contribution is -2.50. The highest BCUT2D eigenvalue weighted by Gasteiger charge is 2.44. The van der Waals surface area contributed by atoms with Gasteiger partial charge in [0.25, 0.3) is 0 Å². The molecule has 0 radical (unpaired) electrons. The molecule has 1 N–H and O–H groups in total. The van der Waals surface area contributed by atoms with Crippen LogP contribution in [0.1, 0.15) is 79.1 Å². The highest BCUT2D eigenvalue weighted by molar-refractivity contribution is 4.98. The second-order valence-corrected chi connectivity index (χ2v) is 7.64. The van der Waals surface area contributed by atoms with Crippen molar-refractivity contribution in [3.63, 3.8) is 0 Å². The number of rotatable bonds is 5. The summed E-state index contributed by atoms with van der Waals surface area (Å²) in [6.45, 7) is 10.8. The first-order valence-corrected chi connectivity index (χ1v) is 8.84. The van der Waals surface area contributed by atoms with E-state index >= 15 is 0 Å². The molecule has 3 unspecified atom stereocenters. The molecule has 1 nitrogen and oxygen atoms in total. The first-order chi connectivity index (χ1) is 9.11. The van der Waals surface area contributed by atoms with Crippen LogP contribution in [-0.2, 0) is 0 Å². The lowest BCUT2D eigenvalue weighted by molar-refractivity contribution is 0.0807. The molecule has 0 bridgehead atoms. The molecule has 0 amide bonds. The van der Waals surface area contributed by atoms with E-state index in [0.717, 1.165) is 30.3 Å². The van der Waals surface area contributed by atoms with Crippen LogP contribution >= 0.6 is 0 Å². The topological polar surface area (TPSA) is 12.0 Å². The third kappa shape index (κ3) is 3.35. The van der Waals surface area contributed by atoms with Crippen LogP contribution in [0.25, 0.3) is 0 Å². The van der Waals surface area contributed by atoms with Crippen molar-refractivity contribution < 1.29 is 0 Å². The minimum Gasteiger partial charge on any atom is -0.313 e. The monoisotopic (exact) mass is 265 g/mol. The second-order valence-electron chi connectivity index (χ2n) is 7.64. The van der Waals surface area contributed by atoms with Crippen LogP contribution in [0.2, 0.25) is 0 Å². The molecule has 1 heteroatoms. The fourth-order valence-electron chi connectivity index (χ4n) is 5.35. The van der Waals surface area contributed by atoms with Gasteiger partial charge in [0.15, 0.2) is 0 Å². The summed E-state index contributed by atoms with van der Waals surface area (Å²) in [6, 6.07) is 0.787. The summed E-state index contributed by atoms with van der Waals surface area (Å²) in [6.07, 6.45) is 11.6. The molecule has 2 saturated carbocycles. The van der Waals surface area contributed by atoms with E-state index in [4.69, 9.17) is 0 Å². The maximum atomic E-state index is 3.93. The quantitative estimate of drug-likeness (QED) is 0.737. The minimum absolute atomic E-state index is 0.622. The van der Waals surface area contributed by atoms with Crippen molar-refractivity contribution in [1.29, 1.82) is 0 Å². The van der Waals surface area contributed by atoms with Crippen molar-refractivity contribution in [2.75, 3.05) is 6.54 Å². The third-order valence-electron chi connectivity index (χ3n) is 6.07. The molecule has 0 aromatic heterocycles. The predicted molar refractivity (Wildman–Crippen MR) is 84.3 cm³/mol. The van der Waals surface area contributed by atoms with Gasteiger partial charge < -0.3 is 5.32 Å². The van der Waals surface area contributed by atoms with Crippen molar-refractivity contribution in [2.45, 2.75) is 85.1 Å². The van der Waals surface area contributed by atoms with Gasteiger partial charge in [-0.3, -0.25) is 0 Å². The van der Waals surface area contributed by atoms with E-state index in [1.54, 1.807) is 0 Å². The lowest BCUT2D eigenvalue weighted by Gasteiger charge is -2.46. The first-order valence-electron chi connectivity index (χ1n) is 8.84. The van der Waals surface area contributed by atoms with Crippen molar-refractivity contribution in [3.8, 4) is 0 Å². The molecular formula is C18H35N. The molecule has 19 heavy (non-hydrogen) atoms. The zero-order chi connectivity index (χ0) is 13.9. The Hall–Kier alpha value is -0.0400. The standard InChI is InChI=1S/C18H35N/c1-5-18(9-7-8-10-18)17(19-6-2)16-12-14(3)11-15(4)13-16/h14-17,19H,5-13H2,1-4H3. The van der Waals surface area contributed by atoms with Crippen molar-refractivity contribution in [2.24, 2.45) is 23.2 Å². The Kier molecular flexibility index (Phi) is 5.34. The Balaban J connectivity index is 2.14. The summed E-state index contributed by atoms with van der Waals surface area (Å²) in [7, 11) is 0. The van der Waals surface area contributed by atoms with Gasteiger partial charge in [-0.2, -0.15) is 0 Å². The van der Waals surface area contributed by atoms with Gasteiger partial charge in [-0.05, 0) is 68.2 Å². The average molecular weight is 265 g/mol. The molecule has 2 aliphatic rings. The van der Waals surface area contributed by atoms with Gasteiger partial charge in [0.05, 0.1) is 0 Å². The van der Waals surface area contributed by atoms with Crippen molar-refractivity contribution in [3.05, 3.63) is 0 Å². The van der Waals surface area contributed by atoms with Gasteiger partial charge in [0, 0.05) is 6.04 Å². The van der Waals surface area contributed by atoms with Crippen LogP contribution in [-0.4, -0.2) is 12.6 Å². The van der Waals surface area contributed by atoms with Crippen LogP contribution in [0, 0.1) is 23.2 Å². The molecule has 0 saturated heterocycles. The molecule has 0 spiro atoms. The molecule has 0 heterocycles. The first kappa shape index (κ1) is 15.4. The molecule has 0 aromatic rings. The van der Waals surface area contributed by atoms with Gasteiger partial charge in [-0.1, -0.05) is 40.5 Å². The lowest BCUT2D eigenvalue weighted by atomic mass is 9.64. The molecule has 0 aromatic carbocycles. The van der Waals surface area contributed by atoms with Gasteiger partial charge in [0.1, 0.15) is 0 Å². The molecule has 2 rings (SSSR count). The zero-order valence-corrected chi connectivity index (χ0v) is 13.7. The van der Waals surface area contributed by atoms with Crippen LogP contribution in [0.5, 0.6) is 0 Å². The highest BCUT2D eigenvalue weighted by atomic mass is 14.9. The maximum Gasteiger partial charge on any atom is 0.0152 e. The minimum atomic E-state index is 0.622. The summed E-state index contributed by atoms with van der Waals surface area (Å²) < 4.78 is 0. The smallest absolute Gasteiger partial charge is 0.0152 e. The SMILES string of the molecule is CCNC(C1CC(C)CC(C)C1)C1(CC)CCCC1. The molecule has 2 fully saturated rings. The summed E-state index contributed by atoms with van der Waals surface area (Å²) in [5, 5.41) is 3.93. The van der Waals surface area contributed by atoms with Crippen LogP contribution < -0.4 is 5.32 Å². The fraction of sp³-hybridized carbons (Fsp3) is 1.00. The molecule has 2 aliphatic carbocycles. The maximum absolute atomic E-state index is 3.93. The molecule has 3 atom stereocenters. The van der Waals surface area contributed by atoms with E-state index in [9.17, 15) is 0 Å². The van der Waals surface area contributed by atoms with E-state index in [2.05, 4.69) is 33.0 Å². The number of hydrogen-bond donors (Lipinski definition) is 1. The normalized spacial score (nSPS) is 36.3. The van der Waals surface area contributed by atoms with Crippen LogP contribution in [0.4, 0.5) is 0 Å². The Morgan fingerprint density at radius 3 is 2.05 bits per heavy atom. The predicted octanol–water partition coefficient (Wildman–Crippen LogP) is 5.01. The van der Waals surface area contributed by atoms with Gasteiger partial charge >= 0.3 is 0 Å². The molecule has 112 valence electrons. The Labute approximate surface area is 120 Å². The van der Waals surface area contributed by atoms with Crippen LogP contribution in [0.3, 0.4) is 0 Å². The van der Waals surface area contributed by atoms with Crippen LogP contribution in [0.15, 0.2) is 0 Å². The van der Waals surface area contributed by atoms with Crippen molar-refractivity contribution in [1.82, 2.24) is 5.32 Å². The number of hydrogen-bond acceptors (Lipinski definition) is 1. The van der Waals surface area contributed by atoms with Gasteiger partial charge in [-0.25, -0.2) is 0 Å². The zero-order valence-electron chi connectivity index (χ0n) is 13.7. The van der Waals surface area contributed by atoms with Gasteiger partial charge in [-0.15, -0.1) is 0 Å². The van der Waals surface area contributed by atoms with Crippen molar-refractivity contribution >= 4 is 0 Å². The Morgan fingerprint density at radius 2 is 1.58 bits per heavy atom. The van der Waals surface area contributed by atoms with E-state index in [1.807, 2.05) is 0 Å². The van der Waals surface area contributed by atoms with E-state index < -0.39 is 0 Å². The average Bonchev–Trinajstić information content (AvgIpc) is 2.84. The Bertz CT molecular complexity index is 257. The largest absolute Gasteiger partial charge is 0.313 e. The summed E-state index contributed by atoms with van der Waals surface area (Å²) in [4.78, 5) is 0. The fourth-order valence-corrected chi connectivity index (χ4v) is 5.35. The summed E-state index contributed by atoms with van der Waals surface area (Å²) >= 11 is 0. The summed E-state index contributed by atoms with van der Waals surface area (Å²) in [5.41, 5.74) is 0.622. The number of nitrogens with one attached hydrogen (secondary N) is 1. The van der Waals surface area contributed by atoms with E-state index in [1.165, 1.54) is 51.4 Å². The van der Waals surface area contributed by atoms with E-state index in [-0.39, 0.29) is 0 Å². The Morgan fingerprint density at radius 1 is 1.00 bits per heavy atom.